The average molecular weight is 363 g/mol. The van der Waals surface area contributed by atoms with E-state index in [9.17, 15) is 4.79 Å². The molecule has 0 saturated carbocycles. The summed E-state index contributed by atoms with van der Waals surface area (Å²) in [6.07, 6.45) is 3.82. The lowest BCUT2D eigenvalue weighted by Crippen LogP contribution is -2.22. The van der Waals surface area contributed by atoms with Crippen LogP contribution in [0.1, 0.15) is 39.5 Å². The minimum atomic E-state index is 0.0525. The predicted octanol–water partition coefficient (Wildman–Crippen LogP) is 5.56. The number of hydrogen-bond donors (Lipinski definition) is 1. The number of carbonyl (C=O) groups is 1. The highest BCUT2D eigenvalue weighted by atomic mass is 16.4. The molecule has 0 fully saturated rings. The van der Waals surface area contributed by atoms with E-state index in [4.69, 9.17) is 4.42 Å². The van der Waals surface area contributed by atoms with Gasteiger partial charge in [-0.15, -0.1) is 10.2 Å². The van der Waals surface area contributed by atoms with Crippen LogP contribution in [0.15, 0.2) is 59.0 Å². The minimum absolute atomic E-state index is 0.0525. The van der Waals surface area contributed by atoms with Gasteiger partial charge in [-0.25, -0.2) is 0 Å². The van der Waals surface area contributed by atoms with Gasteiger partial charge in [0.25, 0.3) is 0 Å². The fraction of sp³-hybridized carbons (Fsp3) is 0.318. The Labute approximate surface area is 159 Å². The molecule has 0 radical (unpaired) electrons. The van der Waals surface area contributed by atoms with E-state index in [1.165, 1.54) is 0 Å². The number of rotatable bonds is 8. The first-order valence-corrected chi connectivity index (χ1v) is 9.51. The van der Waals surface area contributed by atoms with Crippen LogP contribution in [-0.4, -0.2) is 16.1 Å². The summed E-state index contributed by atoms with van der Waals surface area (Å²) in [6, 6.07) is 17.2. The van der Waals surface area contributed by atoms with Gasteiger partial charge in [0.05, 0.1) is 0 Å². The molecular weight excluding hydrogens is 338 g/mol. The summed E-state index contributed by atoms with van der Waals surface area (Å²) in [5.74, 6) is 1.04. The monoisotopic (exact) mass is 363 g/mol. The smallest absolute Gasteiger partial charge is 0.248 e. The van der Waals surface area contributed by atoms with Crippen molar-refractivity contribution in [3.05, 3.63) is 54.6 Å². The normalized spacial score (nSPS) is 10.9. The summed E-state index contributed by atoms with van der Waals surface area (Å²) in [4.78, 5) is 12.6. The summed E-state index contributed by atoms with van der Waals surface area (Å²) < 4.78 is 5.81. The molecule has 5 nitrogen and oxygen atoms in total. The zero-order chi connectivity index (χ0) is 19.1. The molecular formula is C22H25N3O2. The van der Waals surface area contributed by atoms with Crippen LogP contribution in [0.25, 0.3) is 22.9 Å². The molecule has 1 aromatic heterocycles. The predicted molar refractivity (Wildman–Crippen MR) is 107 cm³/mol. The fourth-order valence-electron chi connectivity index (χ4n) is 3.12. The Morgan fingerprint density at radius 1 is 0.926 bits per heavy atom. The molecule has 1 heterocycles. The van der Waals surface area contributed by atoms with Crippen LogP contribution in [0, 0.1) is 5.92 Å². The van der Waals surface area contributed by atoms with Crippen LogP contribution in [0.5, 0.6) is 0 Å². The molecule has 0 spiro atoms. The Kier molecular flexibility index (Phi) is 6.36. The number of carbonyl (C=O) groups excluding carboxylic acids is 1. The third-order valence-corrected chi connectivity index (χ3v) is 4.47. The standard InChI is InChI=1S/C22H25N3O2/c1-3-9-16(10-4-2)20(26)23-19-14-8-13-18(15-19)22-25-24-21(27-22)17-11-6-5-7-12-17/h5-8,11-16H,3-4,9-10H2,1-2H3,(H,23,26). The number of nitrogens with zero attached hydrogens (tertiary/aromatic N) is 2. The Morgan fingerprint density at radius 2 is 1.56 bits per heavy atom. The summed E-state index contributed by atoms with van der Waals surface area (Å²) in [7, 11) is 0. The maximum atomic E-state index is 12.6. The summed E-state index contributed by atoms with van der Waals surface area (Å²) in [5, 5.41) is 11.3. The fourth-order valence-corrected chi connectivity index (χ4v) is 3.12. The van der Waals surface area contributed by atoms with Crippen LogP contribution >= 0.6 is 0 Å². The molecule has 0 bridgehead atoms. The average Bonchev–Trinajstić information content (AvgIpc) is 3.19. The van der Waals surface area contributed by atoms with Crippen molar-refractivity contribution < 1.29 is 9.21 Å². The Morgan fingerprint density at radius 3 is 2.22 bits per heavy atom. The van der Waals surface area contributed by atoms with Gasteiger partial charge >= 0.3 is 0 Å². The van der Waals surface area contributed by atoms with Crippen LogP contribution in [0.2, 0.25) is 0 Å². The molecule has 1 amide bonds. The summed E-state index contributed by atoms with van der Waals surface area (Å²) in [5.41, 5.74) is 2.40. The van der Waals surface area contributed by atoms with Crippen LogP contribution in [0.3, 0.4) is 0 Å². The SMILES string of the molecule is CCCC(CCC)C(=O)Nc1cccc(-c2nnc(-c3ccccc3)o2)c1. The summed E-state index contributed by atoms with van der Waals surface area (Å²) in [6.45, 7) is 4.22. The van der Waals surface area contributed by atoms with Crippen molar-refractivity contribution in [2.75, 3.05) is 5.32 Å². The van der Waals surface area contributed by atoms with Crippen molar-refractivity contribution >= 4 is 11.6 Å². The first-order chi connectivity index (χ1) is 13.2. The van der Waals surface area contributed by atoms with E-state index in [0.29, 0.717) is 11.8 Å². The summed E-state index contributed by atoms with van der Waals surface area (Å²) >= 11 is 0. The number of aromatic nitrogens is 2. The topological polar surface area (TPSA) is 68.0 Å². The van der Waals surface area contributed by atoms with Crippen molar-refractivity contribution in [2.24, 2.45) is 5.92 Å². The number of anilines is 1. The molecule has 27 heavy (non-hydrogen) atoms. The number of nitrogens with one attached hydrogen (secondary N) is 1. The highest BCUT2D eigenvalue weighted by Crippen LogP contribution is 2.26. The van der Waals surface area contributed by atoms with Gasteiger partial charge in [-0.1, -0.05) is 51.0 Å². The van der Waals surface area contributed by atoms with E-state index < -0.39 is 0 Å². The number of amides is 1. The first-order valence-electron chi connectivity index (χ1n) is 9.51. The molecule has 0 unspecified atom stereocenters. The molecule has 0 aliphatic heterocycles. The zero-order valence-corrected chi connectivity index (χ0v) is 15.8. The molecule has 3 aromatic rings. The molecule has 140 valence electrons. The van der Waals surface area contributed by atoms with E-state index >= 15 is 0 Å². The van der Waals surface area contributed by atoms with Crippen LogP contribution in [0.4, 0.5) is 5.69 Å². The second-order valence-electron chi connectivity index (χ2n) is 6.62. The Balaban J connectivity index is 1.76. The van der Waals surface area contributed by atoms with Gasteiger partial charge in [-0.3, -0.25) is 4.79 Å². The third-order valence-electron chi connectivity index (χ3n) is 4.47. The molecule has 0 atom stereocenters. The van der Waals surface area contributed by atoms with Crippen molar-refractivity contribution in [3.8, 4) is 22.9 Å². The number of benzene rings is 2. The van der Waals surface area contributed by atoms with Crippen molar-refractivity contribution in [1.82, 2.24) is 10.2 Å². The second kappa shape index (κ2) is 9.12. The Bertz CT molecular complexity index is 868. The molecule has 0 aliphatic rings. The molecule has 0 aliphatic carbocycles. The van der Waals surface area contributed by atoms with E-state index in [2.05, 4.69) is 29.4 Å². The molecule has 0 saturated heterocycles. The molecule has 1 N–H and O–H groups in total. The highest BCUT2D eigenvalue weighted by molar-refractivity contribution is 5.93. The quantitative estimate of drug-likeness (QED) is 0.569. The van der Waals surface area contributed by atoms with Gasteiger partial charge in [0.15, 0.2) is 0 Å². The number of hydrogen-bond acceptors (Lipinski definition) is 4. The van der Waals surface area contributed by atoms with Crippen molar-refractivity contribution in [2.45, 2.75) is 39.5 Å². The van der Waals surface area contributed by atoms with Gasteiger partial charge in [0.1, 0.15) is 0 Å². The lowest BCUT2D eigenvalue weighted by Gasteiger charge is -2.15. The second-order valence-corrected chi connectivity index (χ2v) is 6.62. The van der Waals surface area contributed by atoms with Crippen molar-refractivity contribution in [1.29, 1.82) is 0 Å². The highest BCUT2D eigenvalue weighted by Gasteiger charge is 2.17. The lowest BCUT2D eigenvalue weighted by atomic mass is 9.97. The van der Waals surface area contributed by atoms with E-state index in [-0.39, 0.29) is 11.8 Å². The van der Waals surface area contributed by atoms with E-state index in [1.807, 2.05) is 54.6 Å². The zero-order valence-electron chi connectivity index (χ0n) is 15.8. The largest absolute Gasteiger partial charge is 0.416 e. The third kappa shape index (κ3) is 4.82. The van der Waals surface area contributed by atoms with E-state index in [0.717, 1.165) is 42.5 Å². The van der Waals surface area contributed by atoms with Gasteiger partial charge < -0.3 is 9.73 Å². The van der Waals surface area contributed by atoms with Crippen LogP contribution in [-0.2, 0) is 4.79 Å². The first kappa shape index (κ1) is 18.8. The lowest BCUT2D eigenvalue weighted by molar-refractivity contribution is -0.120. The minimum Gasteiger partial charge on any atom is -0.416 e. The maximum absolute atomic E-state index is 12.6. The van der Waals surface area contributed by atoms with Gasteiger partial charge in [-0.05, 0) is 43.2 Å². The molecule has 3 rings (SSSR count). The molecule has 5 heteroatoms. The van der Waals surface area contributed by atoms with E-state index in [1.54, 1.807) is 0 Å². The van der Waals surface area contributed by atoms with Gasteiger partial charge in [0, 0.05) is 22.7 Å². The van der Waals surface area contributed by atoms with Gasteiger partial charge in [0.2, 0.25) is 17.7 Å². The molecule has 2 aromatic carbocycles. The van der Waals surface area contributed by atoms with Gasteiger partial charge in [-0.2, -0.15) is 0 Å². The Hall–Kier alpha value is -2.95. The van der Waals surface area contributed by atoms with Crippen molar-refractivity contribution in [3.63, 3.8) is 0 Å². The maximum Gasteiger partial charge on any atom is 0.248 e. The van der Waals surface area contributed by atoms with Crippen LogP contribution < -0.4 is 5.32 Å².